The van der Waals surface area contributed by atoms with Crippen molar-refractivity contribution in [3.05, 3.63) is 5.89 Å². The van der Waals surface area contributed by atoms with E-state index < -0.39 is 30.1 Å². The Morgan fingerprint density at radius 1 is 1.44 bits per heavy atom. The van der Waals surface area contributed by atoms with Gasteiger partial charge in [-0.3, -0.25) is 14.5 Å². The second kappa shape index (κ2) is 7.57. The number of hydrogen-bond acceptors (Lipinski definition) is 8. The Kier molecular flexibility index (Phi) is 5.49. The molecule has 4 amide bonds. The summed E-state index contributed by atoms with van der Waals surface area (Å²) in [6.45, 7) is 0.536. The van der Waals surface area contributed by atoms with Crippen LogP contribution < -0.4 is 20.9 Å². The lowest BCUT2D eigenvalue weighted by atomic mass is 10.2. The normalized spacial score (nSPS) is 16.8. The molecule has 2 atom stereocenters. The molecule has 0 spiro atoms. The second-order valence-corrected chi connectivity index (χ2v) is 5.13. The minimum Gasteiger partial charge on any atom is -0.480 e. The minimum atomic E-state index is -1.48. The van der Waals surface area contributed by atoms with Gasteiger partial charge >= 0.3 is 12.0 Å². The van der Waals surface area contributed by atoms with Crippen molar-refractivity contribution < 1.29 is 33.9 Å². The number of hydrogen-bond donors (Lipinski definition) is 5. The average Bonchev–Trinajstić information content (AvgIpc) is 3.01. The zero-order valence-corrected chi connectivity index (χ0v) is 13.1. The topological polar surface area (TPSA) is 187 Å². The fourth-order valence-electron chi connectivity index (χ4n) is 1.90. The first kappa shape index (κ1) is 18.1. The van der Waals surface area contributed by atoms with Crippen molar-refractivity contribution in [1.82, 2.24) is 26.1 Å². The molecule has 2 unspecified atom stereocenters. The summed E-state index contributed by atoms with van der Waals surface area (Å²) in [5, 5.41) is 28.4. The third-order valence-corrected chi connectivity index (χ3v) is 3.17. The number of urea groups is 1. The van der Waals surface area contributed by atoms with Crippen LogP contribution in [-0.2, 0) is 20.9 Å². The monoisotopic (exact) mass is 356 g/mol. The summed E-state index contributed by atoms with van der Waals surface area (Å²) in [6, 6.07) is -2.36. The molecule has 0 aromatic carbocycles. The molecule has 5 N–H and O–H groups in total. The summed E-state index contributed by atoms with van der Waals surface area (Å²) < 4.78 is 4.86. The van der Waals surface area contributed by atoms with Crippen LogP contribution in [0.15, 0.2) is 4.52 Å². The molecule has 25 heavy (non-hydrogen) atoms. The molecule has 1 aromatic heterocycles. The molecule has 1 aliphatic heterocycles. The fraction of sp³-hybridized carbons (Fsp3) is 0.500. The van der Waals surface area contributed by atoms with E-state index >= 15 is 0 Å². The van der Waals surface area contributed by atoms with Gasteiger partial charge in [0.2, 0.25) is 17.7 Å². The first-order valence-electron chi connectivity index (χ1n) is 7.13. The van der Waals surface area contributed by atoms with Crippen molar-refractivity contribution in [2.24, 2.45) is 0 Å². The average molecular weight is 356 g/mol. The maximum Gasteiger partial charge on any atom is 0.328 e. The highest BCUT2D eigenvalue weighted by atomic mass is 16.5. The van der Waals surface area contributed by atoms with Crippen molar-refractivity contribution in [3.63, 3.8) is 0 Å². The molecule has 1 aromatic rings. The van der Waals surface area contributed by atoms with Gasteiger partial charge in [0.1, 0.15) is 6.54 Å². The third-order valence-electron chi connectivity index (χ3n) is 3.17. The van der Waals surface area contributed by atoms with Gasteiger partial charge in [0.05, 0.1) is 19.2 Å². The van der Waals surface area contributed by atoms with Crippen molar-refractivity contribution >= 4 is 29.8 Å². The Labute approximate surface area is 140 Å². The molecular weight excluding hydrogens is 340 g/mol. The number of aromatic nitrogens is 2. The van der Waals surface area contributed by atoms with E-state index in [0.717, 1.165) is 4.90 Å². The highest BCUT2D eigenvalue weighted by Crippen LogP contribution is 2.11. The lowest BCUT2D eigenvalue weighted by Gasteiger charge is -2.22. The van der Waals surface area contributed by atoms with E-state index in [1.165, 1.54) is 6.92 Å². The number of carboxylic acids is 1. The number of anilines is 1. The number of piperazine rings is 1. The van der Waals surface area contributed by atoms with Crippen LogP contribution in [0.5, 0.6) is 0 Å². The zero-order chi connectivity index (χ0) is 18.6. The van der Waals surface area contributed by atoms with E-state index in [-0.39, 0.29) is 37.4 Å². The van der Waals surface area contributed by atoms with Crippen molar-refractivity contribution in [3.8, 4) is 0 Å². The number of amides is 4. The van der Waals surface area contributed by atoms with Crippen LogP contribution in [0.2, 0.25) is 0 Å². The lowest BCUT2D eigenvalue weighted by Crippen LogP contribution is -2.52. The minimum absolute atomic E-state index is 0.0622. The molecule has 2 rings (SSSR count). The van der Waals surface area contributed by atoms with E-state index in [1.807, 2.05) is 0 Å². The van der Waals surface area contributed by atoms with E-state index in [1.54, 1.807) is 0 Å². The van der Waals surface area contributed by atoms with E-state index in [4.69, 9.17) is 9.63 Å². The molecule has 0 aliphatic carbocycles. The van der Waals surface area contributed by atoms with Gasteiger partial charge in [-0.15, -0.1) is 0 Å². The summed E-state index contributed by atoms with van der Waals surface area (Å²) in [4.78, 5) is 50.4. The molecule has 1 fully saturated rings. The Morgan fingerprint density at radius 3 is 2.80 bits per heavy atom. The maximum atomic E-state index is 11.7. The number of nitrogens with one attached hydrogen (secondary N) is 3. The molecular formula is C12H16N6O7. The summed E-state index contributed by atoms with van der Waals surface area (Å²) >= 11 is 0. The maximum absolute atomic E-state index is 11.7. The smallest absolute Gasteiger partial charge is 0.328 e. The first-order valence-corrected chi connectivity index (χ1v) is 7.13. The number of carboxylic acid groups (broad SMARTS) is 1. The largest absolute Gasteiger partial charge is 0.480 e. The third kappa shape index (κ3) is 4.63. The van der Waals surface area contributed by atoms with Crippen molar-refractivity contribution in [2.75, 3.05) is 18.0 Å². The number of carbonyl (C=O) groups excluding carboxylic acids is 3. The van der Waals surface area contributed by atoms with Gasteiger partial charge in [-0.25, -0.2) is 9.59 Å². The molecule has 2 heterocycles. The quantitative estimate of drug-likeness (QED) is 0.358. The Balaban J connectivity index is 1.91. The molecule has 0 bridgehead atoms. The molecule has 0 saturated carbocycles. The molecule has 136 valence electrons. The van der Waals surface area contributed by atoms with Crippen LogP contribution >= 0.6 is 0 Å². The summed E-state index contributed by atoms with van der Waals surface area (Å²) in [7, 11) is 0. The van der Waals surface area contributed by atoms with Crippen LogP contribution in [0.1, 0.15) is 12.8 Å². The SMILES string of the molecule is CC(O)C(NC(=O)NCc1nc(N2CC(=O)NCC2=O)no1)C(=O)O. The van der Waals surface area contributed by atoms with Crippen LogP contribution in [-0.4, -0.2) is 69.4 Å². The van der Waals surface area contributed by atoms with Gasteiger partial charge in [0.25, 0.3) is 5.95 Å². The van der Waals surface area contributed by atoms with E-state index in [0.29, 0.717) is 0 Å². The molecule has 1 saturated heterocycles. The van der Waals surface area contributed by atoms with Gasteiger partial charge in [-0.05, 0) is 12.1 Å². The highest BCUT2D eigenvalue weighted by molar-refractivity contribution is 6.03. The van der Waals surface area contributed by atoms with Crippen LogP contribution in [0.4, 0.5) is 10.7 Å². The summed E-state index contributed by atoms with van der Waals surface area (Å²) in [5.74, 6) is -2.37. The molecule has 0 radical (unpaired) electrons. The molecule has 13 heteroatoms. The lowest BCUT2D eigenvalue weighted by molar-refractivity contribution is -0.141. The van der Waals surface area contributed by atoms with Crippen LogP contribution in [0, 0.1) is 0 Å². The van der Waals surface area contributed by atoms with Gasteiger partial charge in [-0.1, -0.05) is 0 Å². The number of aliphatic carboxylic acids is 1. The standard InChI is InChI=1S/C12H16N6O7/c1-5(19)9(10(22)23)16-12(24)14-2-7-15-11(17-25-7)18-4-6(20)13-3-8(18)21/h5,9,19H,2-4H2,1H3,(H,13,20)(H,22,23)(H2,14,16,24). The van der Waals surface area contributed by atoms with Gasteiger partial charge in [-0.2, -0.15) is 4.98 Å². The van der Waals surface area contributed by atoms with Crippen LogP contribution in [0.3, 0.4) is 0 Å². The zero-order valence-electron chi connectivity index (χ0n) is 13.1. The Bertz CT molecular complexity index is 687. The number of aliphatic hydroxyl groups is 1. The van der Waals surface area contributed by atoms with Crippen LogP contribution in [0.25, 0.3) is 0 Å². The Hall–Kier alpha value is -3.22. The predicted molar refractivity (Wildman–Crippen MR) is 78.1 cm³/mol. The summed E-state index contributed by atoms with van der Waals surface area (Å²) in [6.07, 6.45) is -1.30. The van der Waals surface area contributed by atoms with Gasteiger partial charge in [0, 0.05) is 0 Å². The first-order chi connectivity index (χ1) is 11.8. The molecule has 13 nitrogen and oxygen atoms in total. The Morgan fingerprint density at radius 2 is 2.16 bits per heavy atom. The fourth-order valence-corrected chi connectivity index (χ4v) is 1.90. The van der Waals surface area contributed by atoms with Crippen molar-refractivity contribution in [2.45, 2.75) is 25.6 Å². The highest BCUT2D eigenvalue weighted by Gasteiger charge is 2.28. The van der Waals surface area contributed by atoms with Gasteiger partial charge < -0.3 is 30.7 Å². The number of nitrogens with zero attached hydrogens (tertiary/aromatic N) is 3. The predicted octanol–water partition coefficient (Wildman–Crippen LogP) is -2.83. The number of carbonyl (C=O) groups is 4. The number of aliphatic hydroxyl groups excluding tert-OH is 1. The molecule has 1 aliphatic rings. The second-order valence-electron chi connectivity index (χ2n) is 5.13. The van der Waals surface area contributed by atoms with E-state index in [2.05, 4.69) is 26.1 Å². The van der Waals surface area contributed by atoms with Crippen molar-refractivity contribution in [1.29, 1.82) is 0 Å². The summed E-state index contributed by atoms with van der Waals surface area (Å²) in [5.41, 5.74) is 0. The van der Waals surface area contributed by atoms with E-state index in [9.17, 15) is 24.3 Å². The number of rotatable bonds is 6. The van der Waals surface area contributed by atoms with Gasteiger partial charge in [0.15, 0.2) is 6.04 Å².